The summed E-state index contributed by atoms with van der Waals surface area (Å²) in [5.41, 5.74) is 7.87. The molecule has 0 aliphatic rings. The van der Waals surface area contributed by atoms with E-state index in [1.165, 1.54) is 0 Å². The van der Waals surface area contributed by atoms with Crippen LogP contribution in [0.15, 0.2) is 36.4 Å². The van der Waals surface area contributed by atoms with Crippen molar-refractivity contribution in [2.45, 2.75) is 6.92 Å². The van der Waals surface area contributed by atoms with Gasteiger partial charge in [0.05, 0.1) is 16.3 Å². The van der Waals surface area contributed by atoms with E-state index in [-0.39, 0.29) is 5.91 Å². The first kappa shape index (κ1) is 13.7. The Kier molecular flexibility index (Phi) is 3.98. The van der Waals surface area contributed by atoms with Crippen molar-refractivity contribution in [3.05, 3.63) is 57.6 Å². The summed E-state index contributed by atoms with van der Waals surface area (Å²) >= 11 is 12.1. The van der Waals surface area contributed by atoms with Gasteiger partial charge in [-0.25, -0.2) is 0 Å². The highest BCUT2D eigenvalue weighted by molar-refractivity contribution is 6.36. The van der Waals surface area contributed by atoms with Crippen molar-refractivity contribution < 1.29 is 4.79 Å². The largest absolute Gasteiger partial charge is 0.398 e. The van der Waals surface area contributed by atoms with Gasteiger partial charge in [0.15, 0.2) is 0 Å². The molecule has 3 N–H and O–H groups in total. The van der Waals surface area contributed by atoms with Crippen molar-refractivity contribution in [1.82, 2.24) is 0 Å². The second kappa shape index (κ2) is 5.51. The Hall–Kier alpha value is -1.71. The van der Waals surface area contributed by atoms with Gasteiger partial charge < -0.3 is 11.1 Å². The third-order valence-electron chi connectivity index (χ3n) is 2.70. The maximum absolute atomic E-state index is 12.1. The summed E-state index contributed by atoms with van der Waals surface area (Å²) in [6, 6.07) is 10.1. The minimum absolute atomic E-state index is 0.320. The maximum atomic E-state index is 12.1. The molecular weight excluding hydrogens is 283 g/mol. The Morgan fingerprint density at radius 1 is 1.16 bits per heavy atom. The number of carbonyl (C=O) groups is 1. The van der Waals surface area contributed by atoms with Crippen LogP contribution in [-0.2, 0) is 0 Å². The third kappa shape index (κ3) is 3.00. The van der Waals surface area contributed by atoms with Crippen LogP contribution < -0.4 is 11.1 Å². The van der Waals surface area contributed by atoms with E-state index in [0.717, 1.165) is 5.56 Å². The fourth-order valence-corrected chi connectivity index (χ4v) is 2.06. The lowest BCUT2D eigenvalue weighted by molar-refractivity contribution is 0.102. The highest BCUT2D eigenvalue weighted by Crippen LogP contribution is 2.29. The van der Waals surface area contributed by atoms with Crippen molar-refractivity contribution in [3.8, 4) is 0 Å². The quantitative estimate of drug-likeness (QED) is 0.818. The Bertz CT molecular complexity index is 641. The van der Waals surface area contributed by atoms with Gasteiger partial charge in [-0.2, -0.15) is 0 Å². The SMILES string of the molecule is Cc1cc(Cl)c(NC(=O)c2ccccc2N)cc1Cl. The summed E-state index contributed by atoms with van der Waals surface area (Å²) in [6.45, 7) is 1.84. The van der Waals surface area contributed by atoms with Gasteiger partial charge in [-0.3, -0.25) is 4.79 Å². The minimum atomic E-state index is -0.320. The second-order valence-electron chi connectivity index (χ2n) is 4.12. The number of nitrogens with one attached hydrogen (secondary N) is 1. The molecule has 2 aromatic rings. The van der Waals surface area contributed by atoms with Crippen LogP contribution in [-0.4, -0.2) is 5.91 Å². The van der Waals surface area contributed by atoms with Crippen molar-refractivity contribution in [1.29, 1.82) is 0 Å². The van der Waals surface area contributed by atoms with Crippen molar-refractivity contribution in [3.63, 3.8) is 0 Å². The molecule has 2 aromatic carbocycles. The number of nitrogens with two attached hydrogens (primary N) is 1. The maximum Gasteiger partial charge on any atom is 0.257 e. The molecule has 0 atom stereocenters. The minimum Gasteiger partial charge on any atom is -0.398 e. The molecule has 0 saturated carbocycles. The third-order valence-corrected chi connectivity index (χ3v) is 3.42. The molecule has 0 fully saturated rings. The molecule has 0 aromatic heterocycles. The molecule has 98 valence electrons. The van der Waals surface area contributed by atoms with Gasteiger partial charge >= 0.3 is 0 Å². The van der Waals surface area contributed by atoms with Crippen LogP contribution >= 0.6 is 23.2 Å². The average Bonchev–Trinajstić information content (AvgIpc) is 2.36. The summed E-state index contributed by atoms with van der Waals surface area (Å²) < 4.78 is 0. The molecule has 0 aliphatic carbocycles. The zero-order valence-electron chi connectivity index (χ0n) is 10.2. The van der Waals surface area contributed by atoms with Crippen LogP contribution in [0.1, 0.15) is 15.9 Å². The monoisotopic (exact) mass is 294 g/mol. The number of amides is 1. The molecule has 0 unspecified atom stereocenters. The zero-order chi connectivity index (χ0) is 14.0. The normalized spacial score (nSPS) is 10.3. The molecule has 0 bridgehead atoms. The highest BCUT2D eigenvalue weighted by Gasteiger charge is 2.12. The summed E-state index contributed by atoms with van der Waals surface area (Å²) in [5, 5.41) is 3.68. The van der Waals surface area contributed by atoms with Crippen LogP contribution in [0.3, 0.4) is 0 Å². The van der Waals surface area contributed by atoms with Crippen LogP contribution in [0.5, 0.6) is 0 Å². The van der Waals surface area contributed by atoms with Crippen LogP contribution in [0.25, 0.3) is 0 Å². The Balaban J connectivity index is 2.30. The standard InChI is InChI=1S/C14H12Cl2N2O/c1-8-6-11(16)13(7-10(8)15)18-14(19)9-4-2-3-5-12(9)17/h2-7H,17H2,1H3,(H,18,19). The van der Waals surface area contributed by atoms with Crippen molar-refractivity contribution in [2.75, 3.05) is 11.1 Å². The zero-order valence-corrected chi connectivity index (χ0v) is 11.7. The van der Waals surface area contributed by atoms with Crippen LogP contribution in [0.4, 0.5) is 11.4 Å². The van der Waals surface area contributed by atoms with E-state index in [2.05, 4.69) is 5.32 Å². The van der Waals surface area contributed by atoms with E-state index in [0.29, 0.717) is 27.0 Å². The second-order valence-corrected chi connectivity index (χ2v) is 4.94. The van der Waals surface area contributed by atoms with Crippen LogP contribution in [0, 0.1) is 6.92 Å². The highest BCUT2D eigenvalue weighted by atomic mass is 35.5. The number of anilines is 2. The average molecular weight is 295 g/mol. The molecule has 2 rings (SSSR count). The number of carbonyl (C=O) groups excluding carboxylic acids is 1. The molecular formula is C14H12Cl2N2O. The molecule has 19 heavy (non-hydrogen) atoms. The predicted molar refractivity (Wildman–Crippen MR) is 80.0 cm³/mol. The fraction of sp³-hybridized carbons (Fsp3) is 0.0714. The number of aryl methyl sites for hydroxylation is 1. The smallest absolute Gasteiger partial charge is 0.257 e. The number of hydrogen-bond donors (Lipinski definition) is 2. The van der Waals surface area contributed by atoms with E-state index in [1.807, 2.05) is 6.92 Å². The first-order valence-corrected chi connectivity index (χ1v) is 6.36. The lowest BCUT2D eigenvalue weighted by Gasteiger charge is -2.10. The number of para-hydroxylation sites is 1. The fourth-order valence-electron chi connectivity index (χ4n) is 1.64. The van der Waals surface area contributed by atoms with E-state index in [1.54, 1.807) is 36.4 Å². The van der Waals surface area contributed by atoms with E-state index < -0.39 is 0 Å². The Morgan fingerprint density at radius 2 is 1.84 bits per heavy atom. The number of nitrogen functional groups attached to an aromatic ring is 1. The number of benzene rings is 2. The lowest BCUT2D eigenvalue weighted by Crippen LogP contribution is -2.14. The first-order chi connectivity index (χ1) is 8.99. The van der Waals surface area contributed by atoms with E-state index >= 15 is 0 Å². The van der Waals surface area contributed by atoms with Gasteiger partial charge in [0, 0.05) is 10.7 Å². The summed E-state index contributed by atoms with van der Waals surface area (Å²) in [7, 11) is 0. The molecule has 5 heteroatoms. The van der Waals surface area contributed by atoms with Gasteiger partial charge in [0.25, 0.3) is 5.91 Å². The van der Waals surface area contributed by atoms with Gasteiger partial charge in [-0.15, -0.1) is 0 Å². The number of halogens is 2. The van der Waals surface area contributed by atoms with Crippen molar-refractivity contribution in [2.24, 2.45) is 0 Å². The lowest BCUT2D eigenvalue weighted by atomic mass is 10.1. The molecule has 0 aliphatic heterocycles. The first-order valence-electron chi connectivity index (χ1n) is 5.60. The van der Waals surface area contributed by atoms with Gasteiger partial charge in [-0.05, 0) is 36.8 Å². The van der Waals surface area contributed by atoms with E-state index in [4.69, 9.17) is 28.9 Å². The summed E-state index contributed by atoms with van der Waals surface area (Å²) in [5.74, 6) is -0.320. The van der Waals surface area contributed by atoms with Gasteiger partial charge in [0.1, 0.15) is 0 Å². The van der Waals surface area contributed by atoms with Crippen LogP contribution in [0.2, 0.25) is 10.0 Å². The predicted octanol–water partition coefficient (Wildman–Crippen LogP) is 4.14. The number of rotatable bonds is 2. The molecule has 3 nitrogen and oxygen atoms in total. The number of hydrogen-bond acceptors (Lipinski definition) is 2. The Labute approximate surface area is 121 Å². The van der Waals surface area contributed by atoms with Gasteiger partial charge in [-0.1, -0.05) is 35.3 Å². The van der Waals surface area contributed by atoms with Gasteiger partial charge in [0.2, 0.25) is 0 Å². The summed E-state index contributed by atoms with van der Waals surface area (Å²) in [6.07, 6.45) is 0. The van der Waals surface area contributed by atoms with Crippen molar-refractivity contribution >= 4 is 40.5 Å². The molecule has 0 spiro atoms. The van der Waals surface area contributed by atoms with E-state index in [9.17, 15) is 4.79 Å². The topological polar surface area (TPSA) is 55.1 Å². The molecule has 0 saturated heterocycles. The molecule has 0 heterocycles. The molecule has 1 amide bonds. The molecule has 0 radical (unpaired) electrons. The summed E-state index contributed by atoms with van der Waals surface area (Å²) in [4.78, 5) is 12.1. The Morgan fingerprint density at radius 3 is 2.53 bits per heavy atom.